The Morgan fingerprint density at radius 2 is 1.71 bits per heavy atom. The van der Waals surface area contributed by atoms with E-state index >= 15 is 0 Å². The first-order valence-corrected chi connectivity index (χ1v) is 9.65. The van der Waals surface area contributed by atoms with Crippen molar-refractivity contribution in [2.45, 2.75) is 19.8 Å². The number of methoxy groups -OCH3 is 2. The molecule has 0 aromatic heterocycles. The monoisotopic (exact) mass is 380 g/mol. The molecule has 1 amide bonds. The van der Waals surface area contributed by atoms with E-state index in [1.54, 1.807) is 20.3 Å². The molecule has 1 heterocycles. The Bertz CT molecular complexity index is 822. The van der Waals surface area contributed by atoms with E-state index in [9.17, 15) is 4.79 Å². The van der Waals surface area contributed by atoms with Crippen molar-refractivity contribution in [2.75, 3.05) is 37.5 Å². The van der Waals surface area contributed by atoms with Gasteiger partial charge >= 0.3 is 0 Å². The number of carbonyl (C=O) groups excluding carboxylic acids is 1. The van der Waals surface area contributed by atoms with Gasteiger partial charge in [0.25, 0.3) is 0 Å². The van der Waals surface area contributed by atoms with E-state index in [2.05, 4.69) is 29.3 Å². The van der Waals surface area contributed by atoms with Crippen molar-refractivity contribution in [1.29, 1.82) is 0 Å². The van der Waals surface area contributed by atoms with Crippen LogP contribution >= 0.6 is 0 Å². The topological polar surface area (TPSA) is 50.8 Å². The van der Waals surface area contributed by atoms with Gasteiger partial charge in [-0.2, -0.15) is 0 Å². The lowest BCUT2D eigenvalue weighted by atomic mass is 9.99. The maximum atomic E-state index is 12.2. The third-order valence-electron chi connectivity index (χ3n) is 5.12. The number of benzene rings is 2. The Hall–Kier alpha value is -2.95. The number of rotatable bonds is 6. The van der Waals surface area contributed by atoms with E-state index in [1.807, 2.05) is 30.3 Å². The number of hydrogen-bond donors (Lipinski definition) is 1. The minimum Gasteiger partial charge on any atom is -0.493 e. The van der Waals surface area contributed by atoms with Crippen LogP contribution < -0.4 is 19.7 Å². The molecule has 2 aromatic rings. The summed E-state index contributed by atoms with van der Waals surface area (Å²) in [5.74, 6) is 1.93. The Morgan fingerprint density at radius 1 is 1.04 bits per heavy atom. The van der Waals surface area contributed by atoms with Crippen molar-refractivity contribution in [3.63, 3.8) is 0 Å². The summed E-state index contributed by atoms with van der Waals surface area (Å²) in [6.45, 7) is 4.51. The molecule has 0 spiro atoms. The standard InChI is InChI=1S/C23H28N2O3/c1-17-12-14-25(15-13-17)20-8-6-19(7-9-20)24-23(26)11-5-18-4-10-21(27-2)22(16-18)28-3/h4-11,16-17H,12-15H2,1-3H3,(H,24,26)/b11-5+. The summed E-state index contributed by atoms with van der Waals surface area (Å²) < 4.78 is 10.5. The van der Waals surface area contributed by atoms with Gasteiger partial charge in [-0.15, -0.1) is 0 Å². The van der Waals surface area contributed by atoms with Gasteiger partial charge in [0.1, 0.15) is 0 Å². The highest BCUT2D eigenvalue weighted by molar-refractivity contribution is 6.02. The van der Waals surface area contributed by atoms with E-state index in [-0.39, 0.29) is 5.91 Å². The summed E-state index contributed by atoms with van der Waals surface area (Å²) in [4.78, 5) is 14.6. The molecule has 5 heteroatoms. The van der Waals surface area contributed by atoms with Crippen molar-refractivity contribution >= 4 is 23.4 Å². The molecule has 148 valence electrons. The van der Waals surface area contributed by atoms with E-state index in [1.165, 1.54) is 24.6 Å². The Labute approximate surface area is 167 Å². The molecule has 2 aromatic carbocycles. The van der Waals surface area contributed by atoms with Gasteiger partial charge in [0.15, 0.2) is 11.5 Å². The second kappa shape index (κ2) is 9.31. The zero-order chi connectivity index (χ0) is 19.9. The van der Waals surface area contributed by atoms with Crippen LogP contribution in [0.5, 0.6) is 11.5 Å². The van der Waals surface area contributed by atoms with Crippen LogP contribution in [-0.4, -0.2) is 33.2 Å². The SMILES string of the molecule is COc1ccc(/C=C/C(=O)Nc2ccc(N3CCC(C)CC3)cc2)cc1OC. The zero-order valence-electron chi connectivity index (χ0n) is 16.8. The van der Waals surface area contributed by atoms with Crippen LogP contribution in [0.4, 0.5) is 11.4 Å². The number of anilines is 2. The number of nitrogens with one attached hydrogen (secondary N) is 1. The number of piperidine rings is 1. The normalized spacial score (nSPS) is 14.9. The molecule has 1 aliphatic heterocycles. The number of hydrogen-bond acceptors (Lipinski definition) is 4. The average Bonchev–Trinajstić information content (AvgIpc) is 2.73. The first kappa shape index (κ1) is 19.8. The molecule has 3 rings (SSSR count). The van der Waals surface area contributed by atoms with Gasteiger partial charge in [-0.25, -0.2) is 0 Å². The fourth-order valence-corrected chi connectivity index (χ4v) is 3.33. The molecule has 0 atom stereocenters. The van der Waals surface area contributed by atoms with Crippen LogP contribution in [0.25, 0.3) is 6.08 Å². The lowest BCUT2D eigenvalue weighted by Crippen LogP contribution is -2.32. The summed E-state index contributed by atoms with van der Waals surface area (Å²) in [6, 6.07) is 13.6. The third-order valence-corrected chi connectivity index (χ3v) is 5.12. The van der Waals surface area contributed by atoms with Crippen LogP contribution in [-0.2, 0) is 4.79 Å². The average molecular weight is 380 g/mol. The second-order valence-electron chi connectivity index (χ2n) is 7.15. The van der Waals surface area contributed by atoms with Crippen LogP contribution in [0.1, 0.15) is 25.3 Å². The first-order chi connectivity index (χ1) is 13.6. The maximum Gasteiger partial charge on any atom is 0.248 e. The number of ether oxygens (including phenoxy) is 2. The van der Waals surface area contributed by atoms with Gasteiger partial charge in [-0.3, -0.25) is 4.79 Å². The third kappa shape index (κ3) is 5.06. The molecule has 0 radical (unpaired) electrons. The molecule has 1 N–H and O–H groups in total. The van der Waals surface area contributed by atoms with Crippen LogP contribution in [0.3, 0.4) is 0 Å². The molecule has 1 aliphatic rings. The van der Waals surface area contributed by atoms with Gasteiger partial charge in [0.2, 0.25) is 5.91 Å². The minimum absolute atomic E-state index is 0.172. The van der Waals surface area contributed by atoms with Crippen LogP contribution in [0, 0.1) is 5.92 Å². The quantitative estimate of drug-likeness (QED) is 0.745. The van der Waals surface area contributed by atoms with Gasteiger partial charge in [0, 0.05) is 30.5 Å². The Balaban J connectivity index is 1.58. The lowest BCUT2D eigenvalue weighted by Gasteiger charge is -2.32. The van der Waals surface area contributed by atoms with Crippen molar-refractivity contribution in [3.8, 4) is 11.5 Å². The highest BCUT2D eigenvalue weighted by Gasteiger charge is 2.15. The molecular formula is C23H28N2O3. The van der Waals surface area contributed by atoms with Crippen molar-refractivity contribution in [2.24, 2.45) is 5.92 Å². The zero-order valence-corrected chi connectivity index (χ0v) is 16.8. The lowest BCUT2D eigenvalue weighted by molar-refractivity contribution is -0.111. The molecule has 5 nitrogen and oxygen atoms in total. The highest BCUT2D eigenvalue weighted by Crippen LogP contribution is 2.28. The van der Waals surface area contributed by atoms with Gasteiger partial charge in [0.05, 0.1) is 14.2 Å². The summed E-state index contributed by atoms with van der Waals surface area (Å²) in [5.41, 5.74) is 2.87. The van der Waals surface area contributed by atoms with Crippen molar-refractivity contribution < 1.29 is 14.3 Å². The number of nitrogens with zero attached hydrogens (tertiary/aromatic N) is 1. The van der Waals surface area contributed by atoms with Gasteiger partial charge < -0.3 is 19.7 Å². The summed E-state index contributed by atoms with van der Waals surface area (Å²) in [5, 5.41) is 2.90. The van der Waals surface area contributed by atoms with Gasteiger partial charge in [-0.1, -0.05) is 13.0 Å². The number of carbonyl (C=O) groups is 1. The fraction of sp³-hybridized carbons (Fsp3) is 0.348. The summed E-state index contributed by atoms with van der Waals surface area (Å²) in [6.07, 6.45) is 5.74. The second-order valence-corrected chi connectivity index (χ2v) is 7.15. The molecule has 1 saturated heterocycles. The predicted octanol–water partition coefficient (Wildman–Crippen LogP) is 4.59. The molecule has 28 heavy (non-hydrogen) atoms. The molecule has 0 aliphatic carbocycles. The summed E-state index contributed by atoms with van der Waals surface area (Å²) in [7, 11) is 3.18. The van der Waals surface area contributed by atoms with E-state index in [0.717, 1.165) is 30.3 Å². The molecule has 1 fully saturated rings. The van der Waals surface area contributed by atoms with Gasteiger partial charge in [-0.05, 0) is 66.8 Å². The van der Waals surface area contributed by atoms with Crippen molar-refractivity contribution in [3.05, 3.63) is 54.1 Å². The maximum absolute atomic E-state index is 12.2. The van der Waals surface area contributed by atoms with E-state index in [0.29, 0.717) is 11.5 Å². The summed E-state index contributed by atoms with van der Waals surface area (Å²) >= 11 is 0. The highest BCUT2D eigenvalue weighted by atomic mass is 16.5. The first-order valence-electron chi connectivity index (χ1n) is 9.65. The fourth-order valence-electron chi connectivity index (χ4n) is 3.33. The number of amides is 1. The minimum atomic E-state index is -0.172. The van der Waals surface area contributed by atoms with E-state index in [4.69, 9.17) is 9.47 Å². The molecular weight excluding hydrogens is 352 g/mol. The largest absolute Gasteiger partial charge is 0.493 e. The van der Waals surface area contributed by atoms with E-state index < -0.39 is 0 Å². The smallest absolute Gasteiger partial charge is 0.248 e. The van der Waals surface area contributed by atoms with Crippen LogP contribution in [0.15, 0.2) is 48.5 Å². The van der Waals surface area contributed by atoms with Crippen molar-refractivity contribution in [1.82, 2.24) is 0 Å². The molecule has 0 saturated carbocycles. The Morgan fingerprint density at radius 3 is 2.36 bits per heavy atom. The Kier molecular flexibility index (Phi) is 6.58. The van der Waals surface area contributed by atoms with Crippen LogP contribution in [0.2, 0.25) is 0 Å². The molecule has 0 bridgehead atoms. The molecule has 0 unspecified atom stereocenters. The predicted molar refractivity (Wildman–Crippen MR) is 114 cm³/mol.